The van der Waals surface area contributed by atoms with Crippen molar-refractivity contribution in [2.75, 3.05) is 26.2 Å². The molecule has 1 fully saturated rings. The molecule has 0 unspecified atom stereocenters. The number of ether oxygens (including phenoxy) is 1. The van der Waals surface area contributed by atoms with Crippen LogP contribution in [0, 0.1) is 25.2 Å². The summed E-state index contributed by atoms with van der Waals surface area (Å²) >= 11 is 0. The van der Waals surface area contributed by atoms with Gasteiger partial charge in [0.15, 0.2) is 0 Å². The highest BCUT2D eigenvalue weighted by Crippen LogP contribution is 2.38. The van der Waals surface area contributed by atoms with Crippen molar-refractivity contribution < 1.29 is 24.9 Å². The van der Waals surface area contributed by atoms with E-state index in [9.17, 15) is 15.0 Å². The molecule has 5 rings (SSSR count). The van der Waals surface area contributed by atoms with Crippen molar-refractivity contribution in [3.63, 3.8) is 0 Å². The van der Waals surface area contributed by atoms with Crippen molar-refractivity contribution in [1.82, 2.24) is 10.2 Å². The summed E-state index contributed by atoms with van der Waals surface area (Å²) in [6.45, 7) is 7.79. The number of likely N-dealkylation sites (tertiary alicyclic amines) is 1. The fourth-order valence-electron chi connectivity index (χ4n) is 6.47. The van der Waals surface area contributed by atoms with Crippen LogP contribution in [0.4, 0.5) is 0 Å². The number of nitrogens with one attached hydrogen (secondary N) is 1. The second-order valence-electron chi connectivity index (χ2n) is 12.6. The molecular formula is C40H45N3O5. The van der Waals surface area contributed by atoms with Gasteiger partial charge in [-0.15, -0.1) is 0 Å². The van der Waals surface area contributed by atoms with Gasteiger partial charge in [0, 0.05) is 44.7 Å². The Morgan fingerprint density at radius 2 is 1.62 bits per heavy atom. The minimum absolute atomic E-state index is 0.148. The van der Waals surface area contributed by atoms with E-state index in [-0.39, 0.29) is 19.1 Å². The number of aliphatic hydroxyl groups excluding tert-OH is 2. The summed E-state index contributed by atoms with van der Waals surface area (Å²) in [5, 5.41) is 40.9. The van der Waals surface area contributed by atoms with Crippen LogP contribution in [0.5, 0.6) is 5.75 Å². The third-order valence-electron chi connectivity index (χ3n) is 9.05. The number of carbonyl (C=O) groups is 1. The van der Waals surface area contributed by atoms with E-state index in [2.05, 4.69) is 96.9 Å². The molecule has 0 amide bonds. The van der Waals surface area contributed by atoms with Crippen molar-refractivity contribution in [2.24, 2.45) is 0 Å². The number of hydrogen-bond donors (Lipinski definition) is 4. The van der Waals surface area contributed by atoms with Gasteiger partial charge in [-0.2, -0.15) is 5.26 Å². The minimum Gasteiger partial charge on any atom is -0.493 e. The second-order valence-corrected chi connectivity index (χ2v) is 12.6. The van der Waals surface area contributed by atoms with E-state index in [0.29, 0.717) is 31.7 Å². The quantitative estimate of drug-likeness (QED) is 0.108. The molecule has 0 saturated carbocycles. The first-order valence-electron chi connectivity index (χ1n) is 16.7. The average Bonchev–Trinajstić information content (AvgIpc) is 3.48. The Morgan fingerprint density at radius 1 is 0.979 bits per heavy atom. The van der Waals surface area contributed by atoms with E-state index in [1.165, 1.54) is 27.8 Å². The predicted octanol–water partition coefficient (Wildman–Crippen LogP) is 6.48. The topological polar surface area (TPSA) is 126 Å². The molecule has 0 aromatic heterocycles. The summed E-state index contributed by atoms with van der Waals surface area (Å²) in [6.07, 6.45) is 0.341. The van der Waals surface area contributed by atoms with Crippen LogP contribution in [0.1, 0.15) is 47.9 Å². The van der Waals surface area contributed by atoms with E-state index in [1.807, 2.05) is 12.1 Å². The highest BCUT2D eigenvalue weighted by Gasteiger charge is 2.20. The number of β-amino-alcohol motifs (C(OH)–C–C–N with tert-alkyl or cyclic N) is 1. The number of rotatable bonds is 15. The van der Waals surface area contributed by atoms with Gasteiger partial charge < -0.3 is 25.4 Å². The van der Waals surface area contributed by atoms with Gasteiger partial charge in [-0.3, -0.25) is 9.69 Å². The molecule has 250 valence electrons. The van der Waals surface area contributed by atoms with Crippen LogP contribution in [0.2, 0.25) is 0 Å². The summed E-state index contributed by atoms with van der Waals surface area (Å²) < 4.78 is 6.15. The molecular weight excluding hydrogens is 602 g/mol. The number of nitriles is 1. The summed E-state index contributed by atoms with van der Waals surface area (Å²) in [5.74, 6) is -0.350. The molecule has 1 aliphatic heterocycles. The fourth-order valence-corrected chi connectivity index (χ4v) is 6.47. The second kappa shape index (κ2) is 16.5. The number of carboxylic acids is 1. The van der Waals surface area contributed by atoms with Gasteiger partial charge in [0.25, 0.3) is 0 Å². The average molecular weight is 648 g/mol. The van der Waals surface area contributed by atoms with Crippen LogP contribution in [-0.4, -0.2) is 64.6 Å². The molecule has 48 heavy (non-hydrogen) atoms. The molecule has 0 spiro atoms. The molecule has 0 aliphatic carbocycles. The monoisotopic (exact) mass is 647 g/mol. The lowest BCUT2D eigenvalue weighted by Crippen LogP contribution is -2.28. The summed E-state index contributed by atoms with van der Waals surface area (Å²) in [6, 6.07) is 29.8. The van der Waals surface area contributed by atoms with Gasteiger partial charge in [-0.1, -0.05) is 72.8 Å². The standard InChI is InChI=1S/C40H45N3O5/c1-27-35(30-13-11-29(12-14-30)25-43-19-17-33(44)26-43)7-5-9-37(27)38-10-6-8-36(28(38)2)31-15-16-32(23-42-24-34(45)22-40(46)47)39(21-31)48-20-4-3-18-41/h5-16,21,33-34,42,44-45H,3-4,17,19-20,22-26H2,1-2H3,(H,46,47)/t33-,34+/m1/s1. The Kier molecular flexibility index (Phi) is 12.0. The van der Waals surface area contributed by atoms with Gasteiger partial charge >= 0.3 is 5.97 Å². The molecule has 2 atom stereocenters. The highest BCUT2D eigenvalue weighted by molar-refractivity contribution is 5.84. The first-order chi connectivity index (χ1) is 23.2. The largest absolute Gasteiger partial charge is 0.493 e. The molecule has 8 nitrogen and oxygen atoms in total. The molecule has 4 aromatic rings. The van der Waals surface area contributed by atoms with Gasteiger partial charge in [-0.05, 0) is 82.8 Å². The van der Waals surface area contributed by atoms with Crippen molar-refractivity contribution in [3.05, 3.63) is 101 Å². The van der Waals surface area contributed by atoms with E-state index in [0.717, 1.165) is 53.9 Å². The molecule has 1 aliphatic rings. The third kappa shape index (κ3) is 8.88. The maximum Gasteiger partial charge on any atom is 0.306 e. The van der Waals surface area contributed by atoms with Crippen molar-refractivity contribution in [2.45, 2.75) is 64.8 Å². The summed E-state index contributed by atoms with van der Waals surface area (Å²) in [4.78, 5) is 13.2. The van der Waals surface area contributed by atoms with E-state index >= 15 is 0 Å². The molecule has 4 aromatic carbocycles. The lowest BCUT2D eigenvalue weighted by Gasteiger charge is -2.18. The smallest absolute Gasteiger partial charge is 0.306 e. The summed E-state index contributed by atoms with van der Waals surface area (Å²) in [5.41, 5.74) is 11.3. The summed E-state index contributed by atoms with van der Waals surface area (Å²) in [7, 11) is 0. The highest BCUT2D eigenvalue weighted by atomic mass is 16.5. The zero-order chi connectivity index (χ0) is 34.0. The molecule has 8 heteroatoms. The van der Waals surface area contributed by atoms with Crippen molar-refractivity contribution >= 4 is 5.97 Å². The molecule has 0 radical (unpaired) electrons. The van der Waals surface area contributed by atoms with Crippen molar-refractivity contribution in [3.8, 4) is 45.2 Å². The number of carboxylic acid groups (broad SMARTS) is 1. The van der Waals surface area contributed by atoms with Gasteiger partial charge in [0.2, 0.25) is 0 Å². The predicted molar refractivity (Wildman–Crippen MR) is 188 cm³/mol. The lowest BCUT2D eigenvalue weighted by atomic mass is 9.88. The van der Waals surface area contributed by atoms with E-state index in [1.54, 1.807) is 0 Å². The maximum absolute atomic E-state index is 10.9. The van der Waals surface area contributed by atoms with Crippen molar-refractivity contribution in [1.29, 1.82) is 5.26 Å². The molecule has 4 N–H and O–H groups in total. The minimum atomic E-state index is -1.04. The number of benzene rings is 4. The van der Waals surface area contributed by atoms with Crippen LogP contribution in [0.15, 0.2) is 78.9 Å². The van der Waals surface area contributed by atoms with E-state index < -0.39 is 12.1 Å². The van der Waals surface area contributed by atoms with Crippen LogP contribution < -0.4 is 10.1 Å². The van der Waals surface area contributed by atoms with Crippen LogP contribution in [-0.2, 0) is 17.9 Å². The number of nitrogens with zero attached hydrogens (tertiary/aromatic N) is 2. The van der Waals surface area contributed by atoms with Gasteiger partial charge in [-0.25, -0.2) is 0 Å². The first-order valence-corrected chi connectivity index (χ1v) is 16.7. The number of aliphatic hydroxyl groups is 2. The Balaban J connectivity index is 1.38. The third-order valence-corrected chi connectivity index (χ3v) is 9.05. The zero-order valence-electron chi connectivity index (χ0n) is 27.8. The Morgan fingerprint density at radius 3 is 2.25 bits per heavy atom. The number of unbranched alkanes of at least 4 members (excludes halogenated alkanes) is 1. The normalized spacial score (nSPS) is 15.3. The van der Waals surface area contributed by atoms with E-state index in [4.69, 9.17) is 15.1 Å². The fraction of sp³-hybridized carbons (Fsp3) is 0.350. The first kappa shape index (κ1) is 34.8. The SMILES string of the molecule is Cc1c(-c2ccc(CN3CC[C@@H](O)C3)cc2)cccc1-c1cccc(-c2ccc(CNC[C@@H](O)CC(=O)O)c(OCCCC#N)c2)c1C. The Hall–Kier alpha value is -4.52. The van der Waals surface area contributed by atoms with Crippen LogP contribution in [0.3, 0.4) is 0 Å². The Labute approximate surface area is 283 Å². The molecule has 0 bridgehead atoms. The lowest BCUT2D eigenvalue weighted by molar-refractivity contribution is -0.139. The van der Waals surface area contributed by atoms with Gasteiger partial charge in [0.05, 0.1) is 31.3 Å². The Bertz CT molecular complexity index is 1750. The number of aliphatic carboxylic acids is 1. The van der Waals surface area contributed by atoms with Gasteiger partial charge in [0.1, 0.15) is 5.75 Å². The molecule has 1 heterocycles. The maximum atomic E-state index is 10.9. The van der Waals surface area contributed by atoms with Crippen LogP contribution >= 0.6 is 0 Å². The zero-order valence-corrected chi connectivity index (χ0v) is 27.8. The van der Waals surface area contributed by atoms with Crippen LogP contribution in [0.25, 0.3) is 33.4 Å². The molecule has 1 saturated heterocycles. The number of hydrogen-bond acceptors (Lipinski definition) is 7.